The standard InChI is InChI=1S/C51H35N/c1-34-17-11-15-27-46(34)52(47-28-16-14-24-41(47)35-18-5-2-6-19-35)40-30-29-38-32-44-45(33-39(38)31-40)51-49(37-22-9-4-10-23-37)43-26-13-12-25-42(43)48(50(44)51)36-20-7-3-8-21-36/h2-33H,1H3. The van der Waals surface area contributed by atoms with Crippen LogP contribution in [0.5, 0.6) is 0 Å². The molecule has 10 rings (SSSR count). The van der Waals surface area contributed by atoms with E-state index in [0.717, 1.165) is 11.4 Å². The summed E-state index contributed by atoms with van der Waals surface area (Å²) in [6.45, 7) is 2.20. The molecule has 0 amide bonds. The zero-order chi connectivity index (χ0) is 34.6. The van der Waals surface area contributed by atoms with E-state index >= 15 is 0 Å². The van der Waals surface area contributed by atoms with Crippen molar-refractivity contribution in [3.05, 3.63) is 200 Å². The number of fused-ring (bicyclic) bond motifs is 6. The predicted octanol–water partition coefficient (Wildman–Crippen LogP) is 14.4. The minimum absolute atomic E-state index is 1.14. The van der Waals surface area contributed by atoms with E-state index in [9.17, 15) is 0 Å². The predicted molar refractivity (Wildman–Crippen MR) is 222 cm³/mol. The van der Waals surface area contributed by atoms with Crippen LogP contribution in [0, 0.1) is 6.92 Å². The third-order valence-electron chi connectivity index (χ3n) is 10.7. The van der Waals surface area contributed by atoms with Crippen molar-refractivity contribution in [3.63, 3.8) is 0 Å². The number of aryl methyl sites for hydroxylation is 1. The first-order valence-corrected chi connectivity index (χ1v) is 18.0. The summed E-state index contributed by atoms with van der Waals surface area (Å²) in [4.78, 5) is 2.43. The Morgan fingerprint density at radius 2 is 0.808 bits per heavy atom. The zero-order valence-electron chi connectivity index (χ0n) is 28.9. The highest BCUT2D eigenvalue weighted by Crippen LogP contribution is 2.60. The molecule has 1 aliphatic rings. The van der Waals surface area contributed by atoms with Crippen molar-refractivity contribution in [2.24, 2.45) is 0 Å². The molecular weight excluding hydrogens is 627 g/mol. The molecule has 9 aromatic carbocycles. The number of rotatable bonds is 6. The van der Waals surface area contributed by atoms with Gasteiger partial charge in [0.1, 0.15) is 0 Å². The van der Waals surface area contributed by atoms with E-state index in [1.165, 1.54) is 88.4 Å². The topological polar surface area (TPSA) is 3.24 Å². The minimum atomic E-state index is 1.14. The molecule has 0 bridgehead atoms. The van der Waals surface area contributed by atoms with Crippen LogP contribution in [0.15, 0.2) is 194 Å². The van der Waals surface area contributed by atoms with Gasteiger partial charge in [0.25, 0.3) is 0 Å². The average molecular weight is 662 g/mol. The third-order valence-corrected chi connectivity index (χ3v) is 10.7. The second-order valence-electron chi connectivity index (χ2n) is 13.7. The third kappa shape index (κ3) is 4.78. The molecule has 0 N–H and O–H groups in total. The summed E-state index contributed by atoms with van der Waals surface area (Å²) in [5.41, 5.74) is 17.5. The van der Waals surface area contributed by atoms with Crippen molar-refractivity contribution >= 4 is 38.6 Å². The maximum atomic E-state index is 2.44. The molecule has 1 aliphatic carbocycles. The fourth-order valence-electron chi connectivity index (χ4n) is 8.31. The number of para-hydroxylation sites is 2. The van der Waals surface area contributed by atoms with Crippen molar-refractivity contribution in [2.45, 2.75) is 6.92 Å². The number of nitrogens with zero attached hydrogens (tertiary/aromatic N) is 1. The van der Waals surface area contributed by atoms with E-state index in [1.54, 1.807) is 0 Å². The lowest BCUT2D eigenvalue weighted by Crippen LogP contribution is -2.12. The van der Waals surface area contributed by atoms with E-state index < -0.39 is 0 Å². The highest BCUT2D eigenvalue weighted by Gasteiger charge is 2.32. The molecule has 9 aromatic rings. The van der Waals surface area contributed by atoms with Gasteiger partial charge in [0, 0.05) is 16.9 Å². The van der Waals surface area contributed by atoms with Crippen molar-refractivity contribution < 1.29 is 0 Å². The Bertz CT molecular complexity index is 2780. The molecule has 0 atom stereocenters. The second-order valence-corrected chi connectivity index (χ2v) is 13.7. The average Bonchev–Trinajstić information content (AvgIpc) is 3.21. The number of hydrogen-bond acceptors (Lipinski definition) is 1. The molecule has 1 heteroatoms. The van der Waals surface area contributed by atoms with Crippen LogP contribution in [0.25, 0.3) is 77.2 Å². The second kappa shape index (κ2) is 12.3. The van der Waals surface area contributed by atoms with Gasteiger partial charge < -0.3 is 4.90 Å². The Labute approximate surface area is 304 Å². The van der Waals surface area contributed by atoms with Crippen LogP contribution in [0.3, 0.4) is 0 Å². The van der Waals surface area contributed by atoms with Gasteiger partial charge in [-0.1, -0.05) is 158 Å². The SMILES string of the molecule is Cc1ccccc1N(c1ccc2cc3c(cc2c1)-c1c-3c(-c2ccccc2)c2ccccc2c1-c1ccccc1)c1ccccc1-c1ccccc1. The largest absolute Gasteiger partial charge is 0.310 e. The van der Waals surface area contributed by atoms with Gasteiger partial charge in [0.2, 0.25) is 0 Å². The van der Waals surface area contributed by atoms with Crippen LogP contribution >= 0.6 is 0 Å². The summed E-state index contributed by atoms with van der Waals surface area (Å²) >= 11 is 0. The molecule has 0 saturated carbocycles. The molecule has 1 nitrogen and oxygen atoms in total. The highest BCUT2D eigenvalue weighted by molar-refractivity contribution is 6.26. The Morgan fingerprint density at radius 3 is 1.40 bits per heavy atom. The molecule has 244 valence electrons. The molecule has 52 heavy (non-hydrogen) atoms. The monoisotopic (exact) mass is 661 g/mol. The molecular formula is C51H35N. The fraction of sp³-hybridized carbons (Fsp3) is 0.0196. The van der Waals surface area contributed by atoms with Gasteiger partial charge in [-0.05, 0) is 121 Å². The molecule has 0 aliphatic heterocycles. The molecule has 0 saturated heterocycles. The van der Waals surface area contributed by atoms with Crippen LogP contribution < -0.4 is 4.90 Å². The Morgan fingerprint density at radius 1 is 0.327 bits per heavy atom. The maximum Gasteiger partial charge on any atom is 0.0540 e. The number of benzene rings is 9. The fourth-order valence-corrected chi connectivity index (χ4v) is 8.31. The summed E-state index contributed by atoms with van der Waals surface area (Å²) in [6.07, 6.45) is 0. The Balaban J connectivity index is 1.21. The van der Waals surface area contributed by atoms with Gasteiger partial charge in [-0.15, -0.1) is 0 Å². The molecule has 0 aromatic heterocycles. The Kier molecular flexibility index (Phi) is 7.11. The van der Waals surface area contributed by atoms with Crippen LogP contribution in [-0.2, 0) is 0 Å². The van der Waals surface area contributed by atoms with E-state index in [-0.39, 0.29) is 0 Å². The van der Waals surface area contributed by atoms with Gasteiger partial charge in [0.05, 0.1) is 5.69 Å². The minimum Gasteiger partial charge on any atom is -0.310 e. The van der Waals surface area contributed by atoms with Crippen LogP contribution in [-0.4, -0.2) is 0 Å². The van der Waals surface area contributed by atoms with Crippen LogP contribution in [0.4, 0.5) is 17.1 Å². The van der Waals surface area contributed by atoms with Crippen molar-refractivity contribution in [3.8, 4) is 55.6 Å². The van der Waals surface area contributed by atoms with Crippen molar-refractivity contribution in [1.82, 2.24) is 0 Å². The Hall–Kier alpha value is -6.70. The van der Waals surface area contributed by atoms with Crippen LogP contribution in [0.2, 0.25) is 0 Å². The lowest BCUT2D eigenvalue weighted by molar-refractivity contribution is 1.25. The highest BCUT2D eigenvalue weighted by atomic mass is 15.1. The summed E-state index contributed by atoms with van der Waals surface area (Å²) in [6, 6.07) is 70.8. The smallest absolute Gasteiger partial charge is 0.0540 e. The number of anilines is 3. The van der Waals surface area contributed by atoms with Crippen LogP contribution in [0.1, 0.15) is 5.56 Å². The first kappa shape index (κ1) is 30.2. The van der Waals surface area contributed by atoms with E-state index in [4.69, 9.17) is 0 Å². The normalized spacial score (nSPS) is 11.6. The van der Waals surface area contributed by atoms with Gasteiger partial charge >= 0.3 is 0 Å². The van der Waals surface area contributed by atoms with Gasteiger partial charge in [-0.2, -0.15) is 0 Å². The summed E-state index contributed by atoms with van der Waals surface area (Å²) in [5.74, 6) is 0. The quantitative estimate of drug-likeness (QED) is 0.171. The van der Waals surface area contributed by atoms with Crippen molar-refractivity contribution in [1.29, 1.82) is 0 Å². The van der Waals surface area contributed by atoms with Crippen molar-refractivity contribution in [2.75, 3.05) is 4.90 Å². The first-order valence-electron chi connectivity index (χ1n) is 18.0. The summed E-state index contributed by atoms with van der Waals surface area (Å²) < 4.78 is 0. The lowest BCUT2D eigenvalue weighted by atomic mass is 9.70. The number of hydrogen-bond donors (Lipinski definition) is 0. The summed E-state index contributed by atoms with van der Waals surface area (Å²) in [7, 11) is 0. The zero-order valence-corrected chi connectivity index (χ0v) is 28.9. The molecule has 0 heterocycles. The van der Waals surface area contributed by atoms with E-state index in [1.807, 2.05) is 0 Å². The molecule has 0 spiro atoms. The maximum absolute atomic E-state index is 2.44. The lowest BCUT2D eigenvalue weighted by Gasteiger charge is -2.33. The molecule has 0 unspecified atom stereocenters. The van der Waals surface area contributed by atoms with Gasteiger partial charge in [0.15, 0.2) is 0 Å². The van der Waals surface area contributed by atoms with E-state index in [2.05, 4.69) is 206 Å². The van der Waals surface area contributed by atoms with E-state index in [0.29, 0.717) is 0 Å². The van der Waals surface area contributed by atoms with Gasteiger partial charge in [-0.3, -0.25) is 0 Å². The molecule has 0 fully saturated rings. The molecule has 0 radical (unpaired) electrons. The van der Waals surface area contributed by atoms with Gasteiger partial charge in [-0.25, -0.2) is 0 Å². The first-order chi connectivity index (χ1) is 25.7. The summed E-state index contributed by atoms with van der Waals surface area (Å²) in [5, 5.41) is 5.04.